The summed E-state index contributed by atoms with van der Waals surface area (Å²) >= 11 is 0. The van der Waals surface area contributed by atoms with Gasteiger partial charge in [0.05, 0.1) is 18.7 Å². The van der Waals surface area contributed by atoms with Gasteiger partial charge < -0.3 is 9.53 Å². The minimum Gasteiger partial charge on any atom is -0.496 e. The number of hydrogen-bond donors (Lipinski definition) is 0. The fraction of sp³-hybridized carbons (Fsp3) is 0.300. The van der Waals surface area contributed by atoms with E-state index in [9.17, 15) is 4.79 Å². The quantitative estimate of drug-likeness (QED) is 0.693. The predicted octanol–water partition coefficient (Wildman–Crippen LogP) is 0.718. The first-order valence-corrected chi connectivity index (χ1v) is 4.55. The smallest absolute Gasteiger partial charge is 0.161 e. The van der Waals surface area contributed by atoms with E-state index in [1.807, 2.05) is 7.05 Å². The predicted molar refractivity (Wildman–Crippen MR) is 54.8 cm³/mol. The van der Waals surface area contributed by atoms with Crippen LogP contribution in [0.3, 0.4) is 0 Å². The molecule has 0 aliphatic carbocycles. The summed E-state index contributed by atoms with van der Waals surface area (Å²) in [6.07, 6.45) is 4.48. The molecule has 2 aromatic heterocycles. The SMILES string of the molecule is COc1c(CC=O)cnc2c1cnn2C. The average Bonchev–Trinajstić information content (AvgIpc) is 2.61. The highest BCUT2D eigenvalue weighted by Gasteiger charge is 2.11. The molecule has 0 bridgehead atoms. The summed E-state index contributed by atoms with van der Waals surface area (Å²) in [5.74, 6) is 0.681. The Kier molecular flexibility index (Phi) is 2.37. The molecule has 0 amide bonds. The molecule has 0 N–H and O–H groups in total. The van der Waals surface area contributed by atoms with E-state index in [2.05, 4.69) is 10.1 Å². The Balaban J connectivity index is 2.70. The molecule has 78 valence electrons. The Morgan fingerprint density at radius 1 is 1.53 bits per heavy atom. The minimum absolute atomic E-state index is 0.307. The topological polar surface area (TPSA) is 57.0 Å². The summed E-state index contributed by atoms with van der Waals surface area (Å²) in [5.41, 5.74) is 1.54. The van der Waals surface area contributed by atoms with Crippen LogP contribution >= 0.6 is 0 Å². The highest BCUT2D eigenvalue weighted by atomic mass is 16.5. The van der Waals surface area contributed by atoms with E-state index in [4.69, 9.17) is 4.74 Å². The number of nitrogens with zero attached hydrogens (tertiary/aromatic N) is 3. The standard InChI is InChI=1S/C10H11N3O2/c1-13-10-8(6-12-13)9(15-2)7(3-4-14)5-11-10/h4-6H,3H2,1-2H3. The van der Waals surface area contributed by atoms with E-state index in [1.165, 1.54) is 0 Å². The first kappa shape index (κ1) is 9.64. The van der Waals surface area contributed by atoms with Crippen LogP contribution in [0.25, 0.3) is 11.0 Å². The molecule has 2 rings (SSSR count). The molecule has 0 spiro atoms. The first-order valence-electron chi connectivity index (χ1n) is 4.55. The molecule has 0 saturated heterocycles. The van der Waals surface area contributed by atoms with Crippen molar-refractivity contribution in [2.45, 2.75) is 6.42 Å². The molecule has 0 aromatic carbocycles. The average molecular weight is 205 g/mol. The third-order valence-electron chi connectivity index (χ3n) is 2.29. The van der Waals surface area contributed by atoms with Gasteiger partial charge in [-0.2, -0.15) is 5.10 Å². The lowest BCUT2D eigenvalue weighted by Crippen LogP contribution is -1.97. The third kappa shape index (κ3) is 1.45. The molecule has 0 saturated carbocycles. The van der Waals surface area contributed by atoms with E-state index >= 15 is 0 Å². The lowest BCUT2D eigenvalue weighted by Gasteiger charge is -2.06. The van der Waals surface area contributed by atoms with E-state index in [0.29, 0.717) is 12.2 Å². The number of carbonyl (C=O) groups is 1. The van der Waals surface area contributed by atoms with Gasteiger partial charge in [0.2, 0.25) is 0 Å². The zero-order valence-corrected chi connectivity index (χ0v) is 8.60. The zero-order valence-electron chi connectivity index (χ0n) is 8.60. The van der Waals surface area contributed by atoms with Gasteiger partial charge in [-0.15, -0.1) is 0 Å². The number of aryl methyl sites for hydroxylation is 1. The van der Waals surface area contributed by atoms with Crippen LogP contribution in [0.2, 0.25) is 0 Å². The van der Waals surface area contributed by atoms with Crippen molar-refractivity contribution in [3.63, 3.8) is 0 Å². The summed E-state index contributed by atoms with van der Waals surface area (Å²) in [5, 5.41) is 4.92. The summed E-state index contributed by atoms with van der Waals surface area (Å²) in [7, 11) is 3.39. The van der Waals surface area contributed by atoms with Crippen molar-refractivity contribution in [1.29, 1.82) is 0 Å². The molecule has 0 radical (unpaired) electrons. The highest BCUT2D eigenvalue weighted by Crippen LogP contribution is 2.27. The number of hydrogen-bond acceptors (Lipinski definition) is 4. The summed E-state index contributed by atoms with van der Waals surface area (Å²) in [4.78, 5) is 14.7. The van der Waals surface area contributed by atoms with Gasteiger partial charge in [-0.1, -0.05) is 0 Å². The lowest BCUT2D eigenvalue weighted by molar-refractivity contribution is -0.107. The van der Waals surface area contributed by atoms with Crippen LogP contribution in [0.5, 0.6) is 5.75 Å². The van der Waals surface area contributed by atoms with Crippen molar-refractivity contribution < 1.29 is 9.53 Å². The number of aldehydes is 1. The summed E-state index contributed by atoms with van der Waals surface area (Å²) in [6.45, 7) is 0. The fourth-order valence-corrected chi connectivity index (χ4v) is 1.59. The van der Waals surface area contributed by atoms with Gasteiger partial charge in [-0.3, -0.25) is 4.68 Å². The normalized spacial score (nSPS) is 10.5. The van der Waals surface area contributed by atoms with Gasteiger partial charge >= 0.3 is 0 Å². The van der Waals surface area contributed by atoms with Crippen LogP contribution in [-0.2, 0) is 18.3 Å². The van der Waals surface area contributed by atoms with Crippen molar-refractivity contribution in [3.05, 3.63) is 18.0 Å². The Morgan fingerprint density at radius 3 is 3.00 bits per heavy atom. The molecule has 0 aliphatic heterocycles. The third-order valence-corrected chi connectivity index (χ3v) is 2.29. The molecule has 0 fully saturated rings. The summed E-state index contributed by atoms with van der Waals surface area (Å²) < 4.78 is 6.94. The van der Waals surface area contributed by atoms with Crippen molar-refractivity contribution in [1.82, 2.24) is 14.8 Å². The maximum Gasteiger partial charge on any atom is 0.161 e. The minimum atomic E-state index is 0.307. The van der Waals surface area contributed by atoms with E-state index in [1.54, 1.807) is 24.2 Å². The van der Waals surface area contributed by atoms with E-state index in [-0.39, 0.29) is 0 Å². The van der Waals surface area contributed by atoms with E-state index < -0.39 is 0 Å². The molecule has 5 nitrogen and oxygen atoms in total. The maximum absolute atomic E-state index is 10.5. The number of pyridine rings is 1. The van der Waals surface area contributed by atoms with Gasteiger partial charge in [-0.05, 0) is 0 Å². The second-order valence-electron chi connectivity index (χ2n) is 3.19. The number of methoxy groups -OCH3 is 1. The van der Waals surface area contributed by atoms with Crippen LogP contribution in [0.15, 0.2) is 12.4 Å². The van der Waals surface area contributed by atoms with E-state index in [0.717, 1.165) is 22.9 Å². The second kappa shape index (κ2) is 3.68. The molecule has 0 aliphatic rings. The molecule has 0 unspecified atom stereocenters. The lowest BCUT2D eigenvalue weighted by atomic mass is 10.1. The summed E-state index contributed by atoms with van der Waals surface area (Å²) in [6, 6.07) is 0. The van der Waals surface area contributed by atoms with Crippen molar-refractivity contribution in [3.8, 4) is 5.75 Å². The highest BCUT2D eigenvalue weighted by molar-refractivity contribution is 5.84. The van der Waals surface area contributed by atoms with Crippen LogP contribution in [-0.4, -0.2) is 28.2 Å². The fourth-order valence-electron chi connectivity index (χ4n) is 1.59. The Hall–Kier alpha value is -1.91. The molecule has 2 aromatic rings. The Bertz CT molecular complexity index is 505. The van der Waals surface area contributed by atoms with Crippen LogP contribution < -0.4 is 4.74 Å². The number of fused-ring (bicyclic) bond motifs is 1. The Morgan fingerprint density at radius 2 is 2.33 bits per heavy atom. The zero-order chi connectivity index (χ0) is 10.8. The van der Waals surface area contributed by atoms with Gasteiger partial charge in [0.1, 0.15) is 12.0 Å². The Labute approximate surface area is 86.7 Å². The van der Waals surface area contributed by atoms with Crippen LogP contribution in [0.1, 0.15) is 5.56 Å². The monoisotopic (exact) mass is 205 g/mol. The second-order valence-corrected chi connectivity index (χ2v) is 3.19. The number of aromatic nitrogens is 3. The van der Waals surface area contributed by atoms with Gasteiger partial charge in [0.15, 0.2) is 5.65 Å². The van der Waals surface area contributed by atoms with Gasteiger partial charge in [0.25, 0.3) is 0 Å². The largest absolute Gasteiger partial charge is 0.496 e. The molecular formula is C10H11N3O2. The van der Waals surface area contributed by atoms with Crippen molar-refractivity contribution in [2.24, 2.45) is 7.05 Å². The molecule has 0 atom stereocenters. The molecule has 5 heteroatoms. The number of ether oxygens (including phenoxy) is 1. The molecular weight excluding hydrogens is 194 g/mol. The first-order chi connectivity index (χ1) is 7.27. The van der Waals surface area contributed by atoms with Crippen molar-refractivity contribution >= 4 is 17.3 Å². The number of rotatable bonds is 3. The van der Waals surface area contributed by atoms with Gasteiger partial charge in [0, 0.05) is 25.2 Å². The molecule has 15 heavy (non-hydrogen) atoms. The molecule has 2 heterocycles. The van der Waals surface area contributed by atoms with Crippen LogP contribution in [0.4, 0.5) is 0 Å². The van der Waals surface area contributed by atoms with Crippen LogP contribution in [0, 0.1) is 0 Å². The maximum atomic E-state index is 10.5. The number of carbonyl (C=O) groups excluding carboxylic acids is 1. The van der Waals surface area contributed by atoms with Gasteiger partial charge in [-0.25, -0.2) is 4.98 Å². The van der Waals surface area contributed by atoms with Crippen molar-refractivity contribution in [2.75, 3.05) is 7.11 Å².